The summed E-state index contributed by atoms with van der Waals surface area (Å²) in [4.78, 5) is 40.8. The predicted molar refractivity (Wildman–Crippen MR) is 130 cm³/mol. The van der Waals surface area contributed by atoms with Crippen LogP contribution in [0, 0.1) is 19.8 Å². The lowest BCUT2D eigenvalue weighted by Crippen LogP contribution is -2.50. The average molecular weight is 460 g/mol. The quantitative estimate of drug-likeness (QED) is 0.573. The van der Waals surface area contributed by atoms with Crippen LogP contribution in [0.2, 0.25) is 0 Å². The third-order valence-electron chi connectivity index (χ3n) is 5.86. The first-order valence-corrected chi connectivity index (χ1v) is 12.0. The van der Waals surface area contributed by atoms with Gasteiger partial charge in [0.25, 0.3) is 0 Å². The van der Waals surface area contributed by atoms with Gasteiger partial charge in [0.2, 0.25) is 11.8 Å². The highest BCUT2D eigenvalue weighted by atomic mass is 16.6. The molecule has 7 heteroatoms. The fraction of sp³-hybridized carbons (Fsp3) is 0.654. The Hall–Kier alpha value is -2.57. The standard InChI is InChI=1S/C26H41N3O4/c1-9-10-19(5)28-24(31)23(20-13-16(2)11-12-17(20)3)29(21-14-18(21)4)22(30)15-27-25(32)33-26(6,7)8/h11-13,18-19,21,23H,9-10,14-15H2,1-8H3,(H,27,32)(H,28,31). The van der Waals surface area contributed by atoms with Gasteiger partial charge in [0.15, 0.2) is 0 Å². The van der Waals surface area contributed by atoms with Gasteiger partial charge in [0, 0.05) is 12.1 Å². The summed E-state index contributed by atoms with van der Waals surface area (Å²) in [6.07, 6.45) is 2.00. The minimum Gasteiger partial charge on any atom is -0.444 e. The maximum Gasteiger partial charge on any atom is 0.408 e. The van der Waals surface area contributed by atoms with Gasteiger partial charge < -0.3 is 20.3 Å². The van der Waals surface area contributed by atoms with E-state index in [-0.39, 0.29) is 30.4 Å². The van der Waals surface area contributed by atoms with Crippen LogP contribution in [0.4, 0.5) is 4.79 Å². The third-order valence-corrected chi connectivity index (χ3v) is 5.86. The zero-order valence-electron chi connectivity index (χ0n) is 21.5. The summed E-state index contributed by atoms with van der Waals surface area (Å²) in [6, 6.07) is 5.17. The first-order chi connectivity index (χ1) is 15.3. The van der Waals surface area contributed by atoms with Crippen LogP contribution >= 0.6 is 0 Å². The maximum absolute atomic E-state index is 13.6. The molecule has 3 amide bonds. The number of hydrogen-bond acceptors (Lipinski definition) is 4. The summed E-state index contributed by atoms with van der Waals surface area (Å²) in [5.41, 5.74) is 2.14. The number of ether oxygens (including phenoxy) is 1. The lowest BCUT2D eigenvalue weighted by Gasteiger charge is -2.34. The maximum atomic E-state index is 13.6. The van der Waals surface area contributed by atoms with E-state index < -0.39 is 17.7 Å². The van der Waals surface area contributed by atoms with Crippen LogP contribution in [0.15, 0.2) is 18.2 Å². The lowest BCUT2D eigenvalue weighted by atomic mass is 9.96. The van der Waals surface area contributed by atoms with Crippen LogP contribution in [-0.2, 0) is 14.3 Å². The van der Waals surface area contributed by atoms with Crippen molar-refractivity contribution in [2.24, 2.45) is 5.92 Å². The number of aryl methyl sites for hydroxylation is 2. The lowest BCUT2D eigenvalue weighted by molar-refractivity contribution is -0.141. The van der Waals surface area contributed by atoms with Crippen LogP contribution in [0.3, 0.4) is 0 Å². The molecule has 1 fully saturated rings. The molecule has 0 bridgehead atoms. The van der Waals surface area contributed by atoms with Crippen molar-refractivity contribution in [1.82, 2.24) is 15.5 Å². The Morgan fingerprint density at radius 3 is 2.39 bits per heavy atom. The second-order valence-electron chi connectivity index (χ2n) is 10.4. The molecule has 1 aromatic carbocycles. The van der Waals surface area contributed by atoms with Gasteiger partial charge in [-0.05, 0) is 71.4 Å². The Kier molecular flexibility index (Phi) is 8.92. The minimum atomic E-state index is -0.757. The SMILES string of the molecule is CCCC(C)NC(=O)C(c1cc(C)ccc1C)N(C(=O)CNC(=O)OC(C)(C)C)C1CC1C. The fourth-order valence-corrected chi connectivity index (χ4v) is 4.06. The van der Waals surface area contributed by atoms with E-state index in [1.165, 1.54) is 0 Å². The first-order valence-electron chi connectivity index (χ1n) is 12.0. The molecule has 1 aromatic rings. The van der Waals surface area contributed by atoms with Gasteiger partial charge in [-0.2, -0.15) is 0 Å². The number of hydrogen-bond donors (Lipinski definition) is 2. The van der Waals surface area contributed by atoms with Gasteiger partial charge in [-0.1, -0.05) is 44.0 Å². The van der Waals surface area contributed by atoms with Crippen molar-refractivity contribution in [1.29, 1.82) is 0 Å². The summed E-state index contributed by atoms with van der Waals surface area (Å²) in [6.45, 7) is 15.2. The van der Waals surface area contributed by atoms with E-state index in [9.17, 15) is 14.4 Å². The molecule has 4 unspecified atom stereocenters. The summed E-state index contributed by atoms with van der Waals surface area (Å²) in [7, 11) is 0. The van der Waals surface area contributed by atoms with Crippen LogP contribution in [0.5, 0.6) is 0 Å². The average Bonchev–Trinajstić information content (AvgIpc) is 3.40. The molecule has 33 heavy (non-hydrogen) atoms. The van der Waals surface area contributed by atoms with E-state index in [4.69, 9.17) is 4.74 Å². The molecule has 1 aliphatic carbocycles. The number of alkyl carbamates (subject to hydrolysis) is 1. The van der Waals surface area contributed by atoms with E-state index in [1.54, 1.807) is 25.7 Å². The van der Waals surface area contributed by atoms with E-state index >= 15 is 0 Å². The summed E-state index contributed by atoms with van der Waals surface area (Å²) in [5.74, 6) is -0.183. The molecular weight excluding hydrogens is 418 g/mol. The van der Waals surface area contributed by atoms with Crippen molar-refractivity contribution in [3.05, 3.63) is 34.9 Å². The Bertz CT molecular complexity index is 862. The molecule has 0 radical (unpaired) electrons. The number of benzene rings is 1. The zero-order valence-corrected chi connectivity index (χ0v) is 21.5. The molecule has 7 nitrogen and oxygen atoms in total. The van der Waals surface area contributed by atoms with Crippen LogP contribution in [-0.4, -0.2) is 47.0 Å². The Labute approximate surface area is 198 Å². The third kappa shape index (κ3) is 7.76. The molecule has 2 rings (SSSR count). The van der Waals surface area contributed by atoms with Gasteiger partial charge in [-0.25, -0.2) is 4.79 Å². The zero-order chi connectivity index (χ0) is 24.9. The molecule has 1 saturated carbocycles. The van der Waals surface area contributed by atoms with Crippen LogP contribution < -0.4 is 10.6 Å². The van der Waals surface area contributed by atoms with Crippen LogP contribution in [0.1, 0.15) is 83.5 Å². The predicted octanol–water partition coefficient (Wildman–Crippen LogP) is 4.41. The minimum absolute atomic E-state index is 0.00332. The van der Waals surface area contributed by atoms with Crippen molar-refractivity contribution >= 4 is 17.9 Å². The van der Waals surface area contributed by atoms with E-state index in [1.807, 2.05) is 39.0 Å². The van der Waals surface area contributed by atoms with Crippen LogP contribution in [0.25, 0.3) is 0 Å². The molecule has 0 aliphatic heterocycles. The molecule has 0 aromatic heterocycles. The summed E-state index contributed by atoms with van der Waals surface area (Å²) < 4.78 is 5.27. The molecule has 1 aliphatic rings. The summed E-state index contributed by atoms with van der Waals surface area (Å²) in [5, 5.41) is 5.68. The highest BCUT2D eigenvalue weighted by Crippen LogP contribution is 2.41. The van der Waals surface area contributed by atoms with Crippen molar-refractivity contribution in [3.8, 4) is 0 Å². The Balaban J connectivity index is 2.36. The number of nitrogens with one attached hydrogen (secondary N) is 2. The van der Waals surface area contributed by atoms with E-state index in [0.717, 1.165) is 36.0 Å². The first kappa shape index (κ1) is 26.7. The van der Waals surface area contributed by atoms with Crippen molar-refractivity contribution in [2.45, 2.75) is 98.4 Å². The van der Waals surface area contributed by atoms with Gasteiger partial charge in [-0.3, -0.25) is 9.59 Å². The fourth-order valence-electron chi connectivity index (χ4n) is 4.06. The molecule has 184 valence electrons. The number of carbonyl (C=O) groups is 3. The number of nitrogens with zero attached hydrogens (tertiary/aromatic N) is 1. The van der Waals surface area contributed by atoms with E-state index in [0.29, 0.717) is 5.92 Å². The molecule has 0 spiro atoms. The topological polar surface area (TPSA) is 87.7 Å². The molecule has 4 atom stereocenters. The Morgan fingerprint density at radius 1 is 1.21 bits per heavy atom. The van der Waals surface area contributed by atoms with Gasteiger partial charge in [0.1, 0.15) is 18.2 Å². The van der Waals surface area contributed by atoms with Gasteiger partial charge in [0.05, 0.1) is 0 Å². The monoisotopic (exact) mass is 459 g/mol. The highest BCUT2D eigenvalue weighted by Gasteiger charge is 2.46. The highest BCUT2D eigenvalue weighted by molar-refractivity contribution is 5.91. The second-order valence-corrected chi connectivity index (χ2v) is 10.4. The number of carbonyl (C=O) groups excluding carboxylic acids is 3. The normalized spacial score (nSPS) is 19.3. The largest absolute Gasteiger partial charge is 0.444 e. The molecule has 0 heterocycles. The number of rotatable bonds is 9. The molecule has 2 N–H and O–H groups in total. The van der Waals surface area contributed by atoms with Crippen molar-refractivity contribution in [2.75, 3.05) is 6.54 Å². The van der Waals surface area contributed by atoms with Crippen molar-refractivity contribution in [3.63, 3.8) is 0 Å². The number of amides is 3. The second kappa shape index (κ2) is 11.0. The van der Waals surface area contributed by atoms with Gasteiger partial charge >= 0.3 is 6.09 Å². The van der Waals surface area contributed by atoms with Gasteiger partial charge in [-0.15, -0.1) is 0 Å². The van der Waals surface area contributed by atoms with Crippen molar-refractivity contribution < 1.29 is 19.1 Å². The van der Waals surface area contributed by atoms with E-state index in [2.05, 4.69) is 24.5 Å². The smallest absolute Gasteiger partial charge is 0.408 e. The summed E-state index contributed by atoms with van der Waals surface area (Å²) >= 11 is 0. The molecular formula is C26H41N3O4. The molecule has 0 saturated heterocycles. The Morgan fingerprint density at radius 2 is 1.85 bits per heavy atom.